The smallest absolute Gasteiger partial charge is 0.0709 e. The summed E-state index contributed by atoms with van der Waals surface area (Å²) < 4.78 is 0. The zero-order valence-corrected chi connectivity index (χ0v) is 12.0. The van der Waals surface area contributed by atoms with Gasteiger partial charge >= 0.3 is 0 Å². The Morgan fingerprint density at radius 1 is 0.905 bits per heavy atom. The second kappa shape index (κ2) is 4.74. The maximum Gasteiger partial charge on any atom is 0.0709 e. The van der Waals surface area contributed by atoms with Gasteiger partial charge in [-0.15, -0.1) is 0 Å². The number of hydrogen-bond donors (Lipinski definition) is 0. The van der Waals surface area contributed by atoms with Gasteiger partial charge in [-0.3, -0.25) is 0 Å². The molecule has 1 aromatic heterocycles. The summed E-state index contributed by atoms with van der Waals surface area (Å²) in [6, 6.07) is 21.0. The van der Waals surface area contributed by atoms with E-state index in [9.17, 15) is 0 Å². The molecule has 2 heteroatoms. The van der Waals surface area contributed by atoms with Gasteiger partial charge in [0.1, 0.15) is 0 Å². The Morgan fingerprint density at radius 2 is 1.71 bits per heavy atom. The first-order chi connectivity index (χ1) is 10.3. The van der Waals surface area contributed by atoms with Crippen molar-refractivity contribution in [2.24, 2.45) is 0 Å². The Hall–Kier alpha value is -2.61. The van der Waals surface area contributed by atoms with Crippen LogP contribution in [-0.4, -0.2) is 18.6 Å². The molecule has 0 atom stereocenters. The molecule has 1 aliphatic heterocycles. The summed E-state index contributed by atoms with van der Waals surface area (Å²) in [4.78, 5) is 7.09. The Balaban J connectivity index is 1.84. The van der Waals surface area contributed by atoms with Crippen LogP contribution in [0.5, 0.6) is 0 Å². The van der Waals surface area contributed by atoms with Crippen molar-refractivity contribution in [3.8, 4) is 0 Å². The Bertz CT molecular complexity index is 849. The van der Waals surface area contributed by atoms with Crippen LogP contribution < -0.4 is 4.90 Å². The van der Waals surface area contributed by atoms with E-state index < -0.39 is 0 Å². The number of rotatable bonds is 1. The van der Waals surface area contributed by atoms with E-state index >= 15 is 0 Å². The quantitative estimate of drug-likeness (QED) is 0.659. The van der Waals surface area contributed by atoms with E-state index in [1.807, 2.05) is 12.1 Å². The monoisotopic (exact) mass is 272 g/mol. The lowest BCUT2D eigenvalue weighted by Gasteiger charge is -2.27. The molecule has 0 unspecified atom stereocenters. The van der Waals surface area contributed by atoms with Crippen LogP contribution in [0.25, 0.3) is 22.6 Å². The van der Waals surface area contributed by atoms with Crippen molar-refractivity contribution >= 4 is 28.2 Å². The zero-order chi connectivity index (χ0) is 14.2. The van der Waals surface area contributed by atoms with Crippen LogP contribution in [0.3, 0.4) is 0 Å². The molecule has 1 aliphatic rings. The SMILES string of the molecule is CN1CC(c2ccc3ccccc3n2)=Cc2ccccc21. The molecule has 2 heterocycles. The summed E-state index contributed by atoms with van der Waals surface area (Å²) in [6.07, 6.45) is 2.26. The van der Waals surface area contributed by atoms with E-state index in [1.165, 1.54) is 22.2 Å². The van der Waals surface area contributed by atoms with Crippen molar-refractivity contribution in [3.63, 3.8) is 0 Å². The zero-order valence-electron chi connectivity index (χ0n) is 12.0. The lowest BCUT2D eigenvalue weighted by molar-refractivity contribution is 1.02. The normalized spacial score (nSPS) is 14.0. The number of likely N-dealkylation sites (N-methyl/N-ethyl adjacent to an activating group) is 1. The van der Waals surface area contributed by atoms with Crippen molar-refractivity contribution in [2.75, 3.05) is 18.5 Å². The highest BCUT2D eigenvalue weighted by atomic mass is 15.1. The van der Waals surface area contributed by atoms with Crippen LogP contribution >= 0.6 is 0 Å². The van der Waals surface area contributed by atoms with Crippen LogP contribution in [0.2, 0.25) is 0 Å². The van der Waals surface area contributed by atoms with Gasteiger partial charge in [-0.05, 0) is 35.4 Å². The molecule has 102 valence electrons. The molecule has 0 radical (unpaired) electrons. The molecule has 21 heavy (non-hydrogen) atoms. The number of hydrogen-bond acceptors (Lipinski definition) is 2. The number of aromatic nitrogens is 1. The van der Waals surface area contributed by atoms with E-state index in [-0.39, 0.29) is 0 Å². The van der Waals surface area contributed by atoms with E-state index in [0.717, 1.165) is 17.8 Å². The highest BCUT2D eigenvalue weighted by Crippen LogP contribution is 2.31. The van der Waals surface area contributed by atoms with Crippen LogP contribution in [-0.2, 0) is 0 Å². The Labute approximate surface area is 124 Å². The maximum absolute atomic E-state index is 4.81. The molecule has 0 N–H and O–H groups in total. The van der Waals surface area contributed by atoms with Crippen LogP contribution in [0, 0.1) is 0 Å². The summed E-state index contributed by atoms with van der Waals surface area (Å²) in [6.45, 7) is 0.891. The van der Waals surface area contributed by atoms with Crippen LogP contribution in [0.15, 0.2) is 60.7 Å². The fourth-order valence-electron chi connectivity index (χ4n) is 2.93. The minimum absolute atomic E-state index is 0.891. The summed E-state index contributed by atoms with van der Waals surface area (Å²) >= 11 is 0. The number of fused-ring (bicyclic) bond motifs is 2. The van der Waals surface area contributed by atoms with Gasteiger partial charge in [0.2, 0.25) is 0 Å². The standard InChI is InChI=1S/C19H16N2/c1-21-13-16(12-15-7-3-5-9-19(15)21)18-11-10-14-6-2-4-8-17(14)20-18/h2-12H,13H2,1H3. The van der Waals surface area contributed by atoms with Gasteiger partial charge in [0.15, 0.2) is 0 Å². The number of pyridine rings is 1. The molecule has 0 bridgehead atoms. The lowest BCUT2D eigenvalue weighted by atomic mass is 10.00. The largest absolute Gasteiger partial charge is 0.370 e. The second-order valence-corrected chi connectivity index (χ2v) is 5.47. The highest BCUT2D eigenvalue weighted by Gasteiger charge is 2.16. The molecule has 0 saturated carbocycles. The molecule has 0 amide bonds. The van der Waals surface area contributed by atoms with Gasteiger partial charge in [0, 0.05) is 24.7 Å². The fraction of sp³-hybridized carbons (Fsp3) is 0.105. The number of benzene rings is 2. The third-order valence-electron chi connectivity index (χ3n) is 4.01. The summed E-state index contributed by atoms with van der Waals surface area (Å²) in [7, 11) is 2.13. The predicted octanol–water partition coefficient (Wildman–Crippen LogP) is 4.23. The molecule has 0 aliphatic carbocycles. The Morgan fingerprint density at radius 3 is 2.67 bits per heavy atom. The van der Waals surface area contributed by atoms with Gasteiger partial charge in [-0.2, -0.15) is 0 Å². The van der Waals surface area contributed by atoms with Crippen molar-refractivity contribution in [2.45, 2.75) is 0 Å². The predicted molar refractivity (Wildman–Crippen MR) is 89.3 cm³/mol. The van der Waals surface area contributed by atoms with Crippen LogP contribution in [0.4, 0.5) is 5.69 Å². The third kappa shape index (κ3) is 2.09. The van der Waals surface area contributed by atoms with E-state index in [4.69, 9.17) is 4.98 Å². The second-order valence-electron chi connectivity index (χ2n) is 5.47. The number of nitrogens with zero attached hydrogens (tertiary/aromatic N) is 2. The average molecular weight is 272 g/mol. The molecular formula is C19H16N2. The minimum atomic E-state index is 0.891. The molecule has 0 spiro atoms. The Kier molecular flexibility index (Phi) is 2.74. The van der Waals surface area contributed by atoms with Crippen LogP contribution in [0.1, 0.15) is 11.3 Å². The molecule has 4 rings (SSSR count). The molecule has 3 aromatic rings. The van der Waals surface area contributed by atoms with E-state index in [0.29, 0.717) is 0 Å². The van der Waals surface area contributed by atoms with Gasteiger partial charge in [-0.1, -0.05) is 42.5 Å². The third-order valence-corrected chi connectivity index (χ3v) is 4.01. The molecule has 0 fully saturated rings. The van der Waals surface area contributed by atoms with Gasteiger partial charge in [0.05, 0.1) is 11.2 Å². The topological polar surface area (TPSA) is 16.1 Å². The van der Waals surface area contributed by atoms with Crippen molar-refractivity contribution in [1.29, 1.82) is 0 Å². The summed E-state index contributed by atoms with van der Waals surface area (Å²) in [5, 5.41) is 1.19. The van der Waals surface area contributed by atoms with Crippen molar-refractivity contribution < 1.29 is 0 Å². The first-order valence-electron chi connectivity index (χ1n) is 7.18. The summed E-state index contributed by atoms with van der Waals surface area (Å²) in [5.74, 6) is 0. The summed E-state index contributed by atoms with van der Waals surface area (Å²) in [5.41, 5.74) is 5.92. The molecule has 0 saturated heterocycles. The molecule has 2 aromatic carbocycles. The lowest BCUT2D eigenvalue weighted by Crippen LogP contribution is -2.23. The fourth-order valence-corrected chi connectivity index (χ4v) is 2.93. The van der Waals surface area contributed by atoms with Gasteiger partial charge in [-0.25, -0.2) is 4.98 Å². The highest BCUT2D eigenvalue weighted by molar-refractivity contribution is 5.91. The van der Waals surface area contributed by atoms with Crippen molar-refractivity contribution in [3.05, 3.63) is 71.9 Å². The van der Waals surface area contributed by atoms with Crippen molar-refractivity contribution in [1.82, 2.24) is 4.98 Å². The first kappa shape index (κ1) is 12.2. The van der Waals surface area contributed by atoms with E-state index in [1.54, 1.807) is 0 Å². The maximum atomic E-state index is 4.81. The molecular weight excluding hydrogens is 256 g/mol. The molecule has 2 nitrogen and oxygen atoms in total. The number of anilines is 1. The minimum Gasteiger partial charge on any atom is -0.370 e. The van der Waals surface area contributed by atoms with Gasteiger partial charge < -0.3 is 4.90 Å². The first-order valence-corrected chi connectivity index (χ1v) is 7.18. The number of para-hydroxylation sites is 2. The average Bonchev–Trinajstić information content (AvgIpc) is 2.54. The van der Waals surface area contributed by atoms with E-state index in [2.05, 4.69) is 66.6 Å². The van der Waals surface area contributed by atoms with Gasteiger partial charge in [0.25, 0.3) is 0 Å².